The number of hydrogen-bond acceptors (Lipinski definition) is 5. The molecule has 0 saturated carbocycles. The van der Waals surface area contributed by atoms with Crippen LogP contribution in [0.3, 0.4) is 0 Å². The van der Waals surface area contributed by atoms with Gasteiger partial charge >= 0.3 is 5.97 Å². The molecule has 0 atom stereocenters. The van der Waals surface area contributed by atoms with Crippen LogP contribution in [-0.4, -0.2) is 21.8 Å². The molecule has 0 heterocycles. The summed E-state index contributed by atoms with van der Waals surface area (Å²) < 4.78 is 5.23. The molecule has 0 radical (unpaired) electrons. The number of nitrogens with one attached hydrogen (secondary N) is 1. The summed E-state index contributed by atoms with van der Waals surface area (Å²) in [6.07, 6.45) is 0. The van der Waals surface area contributed by atoms with Gasteiger partial charge in [-0.1, -0.05) is 23.2 Å². The van der Waals surface area contributed by atoms with Gasteiger partial charge in [-0.25, -0.2) is 4.79 Å². The van der Waals surface area contributed by atoms with Crippen molar-refractivity contribution in [3.63, 3.8) is 0 Å². The highest BCUT2D eigenvalue weighted by atomic mass is 35.5. The fourth-order valence-corrected chi connectivity index (χ4v) is 2.63. The molecule has 0 amide bonds. The predicted octanol–water partition coefficient (Wildman–Crippen LogP) is 4.97. The van der Waals surface area contributed by atoms with Crippen molar-refractivity contribution in [1.29, 1.82) is 0 Å². The lowest BCUT2D eigenvalue weighted by atomic mass is 10.1. The van der Waals surface area contributed by atoms with E-state index in [0.717, 1.165) is 0 Å². The monoisotopic (exact) mass is 383 g/mol. The maximum atomic E-state index is 12.0. The van der Waals surface area contributed by atoms with Crippen molar-refractivity contribution in [3.8, 4) is 11.5 Å². The van der Waals surface area contributed by atoms with Crippen LogP contribution in [0, 0.1) is 0 Å². The number of esters is 1. The molecule has 0 bridgehead atoms. The summed E-state index contributed by atoms with van der Waals surface area (Å²) in [5, 5.41) is 23.6. The van der Waals surface area contributed by atoms with Gasteiger partial charge in [-0.15, -0.1) is 0 Å². The van der Waals surface area contributed by atoms with Crippen LogP contribution in [0.4, 0.5) is 5.69 Å². The second-order valence-corrected chi connectivity index (χ2v) is 7.33. The Kier molecular flexibility index (Phi) is 5.70. The van der Waals surface area contributed by atoms with Crippen LogP contribution < -0.4 is 5.32 Å². The Balaban J connectivity index is 2.13. The molecular formula is C18H19Cl2NO4. The number of benzene rings is 2. The SMILES string of the molecule is CC(C)(C)OC(=O)c1ccc(NCc2cc(Cl)cc(Cl)c2O)cc1O. The van der Waals surface area contributed by atoms with Gasteiger partial charge in [-0.2, -0.15) is 0 Å². The first-order valence-electron chi connectivity index (χ1n) is 7.54. The van der Waals surface area contributed by atoms with E-state index < -0.39 is 11.6 Å². The van der Waals surface area contributed by atoms with E-state index in [-0.39, 0.29) is 28.6 Å². The molecule has 0 aliphatic carbocycles. The van der Waals surface area contributed by atoms with Crippen molar-refractivity contribution in [3.05, 3.63) is 51.5 Å². The Morgan fingerprint density at radius 1 is 1.16 bits per heavy atom. The van der Waals surface area contributed by atoms with E-state index in [1.165, 1.54) is 18.2 Å². The van der Waals surface area contributed by atoms with Crippen LogP contribution in [0.15, 0.2) is 30.3 Å². The second kappa shape index (κ2) is 7.42. The van der Waals surface area contributed by atoms with Gasteiger partial charge in [0.15, 0.2) is 0 Å². The average molecular weight is 384 g/mol. The zero-order valence-corrected chi connectivity index (χ0v) is 15.6. The van der Waals surface area contributed by atoms with Crippen molar-refractivity contribution in [2.24, 2.45) is 0 Å². The minimum atomic E-state index is -0.649. The number of phenols is 2. The zero-order valence-electron chi connectivity index (χ0n) is 14.1. The Hall–Kier alpha value is -2.11. The zero-order chi connectivity index (χ0) is 18.8. The molecule has 0 aliphatic rings. The van der Waals surface area contributed by atoms with Gasteiger partial charge in [0.05, 0.1) is 5.02 Å². The summed E-state index contributed by atoms with van der Waals surface area (Å²) >= 11 is 11.8. The molecule has 2 aromatic carbocycles. The van der Waals surface area contributed by atoms with E-state index in [0.29, 0.717) is 16.3 Å². The van der Waals surface area contributed by atoms with Crippen molar-refractivity contribution in [2.75, 3.05) is 5.32 Å². The Bertz CT molecular complexity index is 800. The maximum absolute atomic E-state index is 12.0. The Morgan fingerprint density at radius 3 is 2.44 bits per heavy atom. The number of phenolic OH excluding ortho intramolecular Hbond substituents is 2. The molecule has 0 unspecified atom stereocenters. The number of ether oxygens (including phenoxy) is 1. The van der Waals surface area contributed by atoms with Crippen LogP contribution in [0.2, 0.25) is 10.0 Å². The van der Waals surface area contributed by atoms with Gasteiger partial charge in [0.2, 0.25) is 0 Å². The summed E-state index contributed by atoms with van der Waals surface area (Å²) in [5.41, 5.74) is 0.492. The molecule has 0 spiro atoms. The molecule has 134 valence electrons. The smallest absolute Gasteiger partial charge is 0.342 e. The molecule has 25 heavy (non-hydrogen) atoms. The van der Waals surface area contributed by atoms with Crippen LogP contribution in [-0.2, 0) is 11.3 Å². The van der Waals surface area contributed by atoms with E-state index in [1.807, 2.05) is 0 Å². The van der Waals surface area contributed by atoms with Crippen LogP contribution in [0.1, 0.15) is 36.7 Å². The van der Waals surface area contributed by atoms with E-state index >= 15 is 0 Å². The summed E-state index contributed by atoms with van der Waals surface area (Å²) in [7, 11) is 0. The molecule has 0 aromatic heterocycles. The van der Waals surface area contributed by atoms with Crippen LogP contribution in [0.25, 0.3) is 0 Å². The second-order valence-electron chi connectivity index (χ2n) is 6.48. The maximum Gasteiger partial charge on any atom is 0.342 e. The molecule has 2 aromatic rings. The minimum absolute atomic E-state index is 0.0619. The summed E-state index contributed by atoms with van der Waals surface area (Å²) in [4.78, 5) is 12.0. The fraction of sp³-hybridized carbons (Fsp3) is 0.278. The standard InChI is InChI=1S/C18H19Cl2NO4/c1-18(2,3)25-17(24)13-5-4-12(8-15(13)22)21-9-10-6-11(19)7-14(20)16(10)23/h4-8,21-23H,9H2,1-3H3. The lowest BCUT2D eigenvalue weighted by Crippen LogP contribution is -2.23. The van der Waals surface area contributed by atoms with Crippen molar-refractivity contribution in [2.45, 2.75) is 32.9 Å². The van der Waals surface area contributed by atoms with Crippen LogP contribution >= 0.6 is 23.2 Å². The summed E-state index contributed by atoms with van der Waals surface area (Å²) in [6, 6.07) is 7.54. The molecule has 5 nitrogen and oxygen atoms in total. The number of rotatable bonds is 4. The van der Waals surface area contributed by atoms with Crippen molar-refractivity contribution < 1.29 is 19.7 Å². The number of anilines is 1. The van der Waals surface area contributed by atoms with Gasteiger partial charge in [0.1, 0.15) is 22.7 Å². The normalized spacial score (nSPS) is 11.2. The topological polar surface area (TPSA) is 78.8 Å². The highest BCUT2D eigenvalue weighted by Crippen LogP contribution is 2.32. The van der Waals surface area contributed by atoms with Crippen LogP contribution in [0.5, 0.6) is 11.5 Å². The van der Waals surface area contributed by atoms with Gasteiger partial charge in [0, 0.05) is 28.9 Å². The Labute approximate surface area is 156 Å². The predicted molar refractivity (Wildman–Crippen MR) is 98.7 cm³/mol. The first kappa shape index (κ1) is 19.2. The third-order valence-electron chi connectivity index (χ3n) is 3.21. The largest absolute Gasteiger partial charge is 0.507 e. The first-order valence-corrected chi connectivity index (χ1v) is 8.29. The molecule has 0 aliphatic heterocycles. The van der Waals surface area contributed by atoms with Gasteiger partial charge in [0.25, 0.3) is 0 Å². The Morgan fingerprint density at radius 2 is 1.84 bits per heavy atom. The number of halogens is 2. The molecule has 3 N–H and O–H groups in total. The van der Waals surface area contributed by atoms with Gasteiger partial charge < -0.3 is 20.3 Å². The van der Waals surface area contributed by atoms with E-state index in [4.69, 9.17) is 27.9 Å². The van der Waals surface area contributed by atoms with E-state index in [1.54, 1.807) is 32.9 Å². The average Bonchev–Trinajstić information content (AvgIpc) is 2.47. The van der Waals surface area contributed by atoms with Gasteiger partial charge in [-0.3, -0.25) is 0 Å². The molecule has 7 heteroatoms. The van der Waals surface area contributed by atoms with Crippen molar-refractivity contribution in [1.82, 2.24) is 0 Å². The number of carbonyl (C=O) groups is 1. The highest BCUT2D eigenvalue weighted by molar-refractivity contribution is 6.35. The lowest BCUT2D eigenvalue weighted by Gasteiger charge is -2.20. The van der Waals surface area contributed by atoms with Crippen molar-refractivity contribution >= 4 is 34.9 Å². The molecular weight excluding hydrogens is 365 g/mol. The quantitative estimate of drug-likeness (QED) is 0.649. The fourth-order valence-electron chi connectivity index (χ4n) is 2.10. The number of hydrogen-bond donors (Lipinski definition) is 3. The van der Waals surface area contributed by atoms with Gasteiger partial charge in [-0.05, 0) is 45.0 Å². The van der Waals surface area contributed by atoms with E-state index in [2.05, 4.69) is 5.32 Å². The third kappa shape index (κ3) is 5.18. The van der Waals surface area contributed by atoms with E-state index in [9.17, 15) is 15.0 Å². The highest BCUT2D eigenvalue weighted by Gasteiger charge is 2.20. The molecule has 2 rings (SSSR count). The molecule has 0 saturated heterocycles. The minimum Gasteiger partial charge on any atom is -0.507 e. The number of carbonyl (C=O) groups excluding carboxylic acids is 1. The summed E-state index contributed by atoms with van der Waals surface area (Å²) in [6.45, 7) is 5.48. The first-order chi connectivity index (χ1) is 11.6. The molecule has 0 fully saturated rings. The third-order valence-corrected chi connectivity index (χ3v) is 3.71. The lowest BCUT2D eigenvalue weighted by molar-refractivity contribution is 0.00669. The summed E-state index contributed by atoms with van der Waals surface area (Å²) in [5.74, 6) is -0.864. The number of aromatic hydroxyl groups is 2.